The molecular weight excluding hydrogens is 202 g/mol. The largest absolute Gasteiger partial charge is 0.359 e. The number of carbonyl (C=O) groups is 1. The van der Waals surface area contributed by atoms with Crippen molar-refractivity contribution in [1.29, 1.82) is 5.26 Å². The Kier molecular flexibility index (Phi) is 8.55. The van der Waals surface area contributed by atoms with Crippen LogP contribution in [-0.4, -0.2) is 37.5 Å². The van der Waals surface area contributed by atoms with E-state index in [1.165, 1.54) is 0 Å². The molecule has 0 aliphatic heterocycles. The standard InChI is InChI=1S/C12H23N3O/c1-11(2)10-15(9-5-7-13)8-4-6-12(16)14-3/h11H,4-6,8-10H2,1-3H3,(H,14,16). The SMILES string of the molecule is CNC(=O)CCCN(CCC#N)CC(C)C. The van der Waals surface area contributed by atoms with Gasteiger partial charge in [-0.25, -0.2) is 0 Å². The molecule has 0 radical (unpaired) electrons. The summed E-state index contributed by atoms with van der Waals surface area (Å²) in [4.78, 5) is 13.3. The van der Waals surface area contributed by atoms with E-state index in [-0.39, 0.29) is 5.91 Å². The summed E-state index contributed by atoms with van der Waals surface area (Å²) < 4.78 is 0. The monoisotopic (exact) mass is 225 g/mol. The van der Waals surface area contributed by atoms with E-state index in [4.69, 9.17) is 5.26 Å². The summed E-state index contributed by atoms with van der Waals surface area (Å²) in [5, 5.41) is 11.2. The number of amides is 1. The molecule has 4 nitrogen and oxygen atoms in total. The zero-order chi connectivity index (χ0) is 12.4. The molecule has 0 aromatic heterocycles. The lowest BCUT2D eigenvalue weighted by Crippen LogP contribution is -2.30. The van der Waals surface area contributed by atoms with Crippen molar-refractivity contribution in [2.45, 2.75) is 33.1 Å². The Bertz CT molecular complexity index is 233. The van der Waals surface area contributed by atoms with E-state index in [0.29, 0.717) is 18.8 Å². The molecule has 1 amide bonds. The van der Waals surface area contributed by atoms with E-state index < -0.39 is 0 Å². The van der Waals surface area contributed by atoms with Crippen LogP contribution in [0.4, 0.5) is 0 Å². The van der Waals surface area contributed by atoms with Crippen molar-refractivity contribution in [2.24, 2.45) is 5.92 Å². The Morgan fingerprint density at radius 3 is 2.62 bits per heavy atom. The average molecular weight is 225 g/mol. The number of hydrogen-bond acceptors (Lipinski definition) is 3. The second kappa shape index (κ2) is 9.17. The van der Waals surface area contributed by atoms with E-state index in [0.717, 1.165) is 26.1 Å². The van der Waals surface area contributed by atoms with Crippen LogP contribution in [0.1, 0.15) is 33.1 Å². The number of hydrogen-bond donors (Lipinski definition) is 1. The molecule has 0 rings (SSSR count). The zero-order valence-electron chi connectivity index (χ0n) is 10.6. The minimum atomic E-state index is 0.0878. The van der Waals surface area contributed by atoms with E-state index in [2.05, 4.69) is 30.1 Å². The highest BCUT2D eigenvalue weighted by Crippen LogP contribution is 2.02. The van der Waals surface area contributed by atoms with E-state index in [9.17, 15) is 4.79 Å². The topological polar surface area (TPSA) is 56.1 Å². The highest BCUT2D eigenvalue weighted by molar-refractivity contribution is 5.75. The molecule has 0 heterocycles. The van der Waals surface area contributed by atoms with Crippen LogP contribution in [-0.2, 0) is 4.79 Å². The predicted molar refractivity (Wildman–Crippen MR) is 64.8 cm³/mol. The van der Waals surface area contributed by atoms with Crippen LogP contribution in [0.3, 0.4) is 0 Å². The fraction of sp³-hybridized carbons (Fsp3) is 0.833. The molecule has 16 heavy (non-hydrogen) atoms. The minimum Gasteiger partial charge on any atom is -0.359 e. The van der Waals surface area contributed by atoms with Gasteiger partial charge in [-0.15, -0.1) is 0 Å². The molecule has 4 heteroatoms. The second-order valence-electron chi connectivity index (χ2n) is 4.38. The van der Waals surface area contributed by atoms with Gasteiger partial charge in [-0.1, -0.05) is 13.8 Å². The first-order chi connectivity index (χ1) is 7.60. The number of nitrogens with zero attached hydrogens (tertiary/aromatic N) is 2. The minimum absolute atomic E-state index is 0.0878. The summed E-state index contributed by atoms with van der Waals surface area (Å²) in [5.41, 5.74) is 0. The maximum Gasteiger partial charge on any atom is 0.219 e. The van der Waals surface area contributed by atoms with Crippen molar-refractivity contribution in [3.8, 4) is 6.07 Å². The van der Waals surface area contributed by atoms with Crippen LogP contribution in [0.25, 0.3) is 0 Å². The van der Waals surface area contributed by atoms with Gasteiger partial charge < -0.3 is 10.2 Å². The Hall–Kier alpha value is -1.08. The smallest absolute Gasteiger partial charge is 0.219 e. The van der Waals surface area contributed by atoms with Gasteiger partial charge in [0.1, 0.15) is 0 Å². The van der Waals surface area contributed by atoms with Crippen LogP contribution in [0.15, 0.2) is 0 Å². The van der Waals surface area contributed by atoms with Gasteiger partial charge >= 0.3 is 0 Å². The third kappa shape index (κ3) is 8.25. The average Bonchev–Trinajstić information content (AvgIpc) is 2.24. The van der Waals surface area contributed by atoms with E-state index in [1.54, 1.807) is 7.05 Å². The molecule has 0 bridgehead atoms. The maximum atomic E-state index is 11.0. The molecule has 0 saturated heterocycles. The number of rotatable bonds is 8. The molecule has 0 spiro atoms. The molecule has 1 N–H and O–H groups in total. The normalized spacial score (nSPS) is 10.5. The number of nitriles is 1. The van der Waals surface area contributed by atoms with Crippen LogP contribution < -0.4 is 5.32 Å². The summed E-state index contributed by atoms with van der Waals surface area (Å²) >= 11 is 0. The fourth-order valence-electron chi connectivity index (χ4n) is 1.61. The molecule has 0 fully saturated rings. The van der Waals surface area contributed by atoms with Gasteiger partial charge in [0.05, 0.1) is 6.07 Å². The lowest BCUT2D eigenvalue weighted by atomic mass is 10.2. The van der Waals surface area contributed by atoms with Crippen molar-refractivity contribution in [2.75, 3.05) is 26.7 Å². The highest BCUT2D eigenvalue weighted by Gasteiger charge is 2.07. The number of carbonyl (C=O) groups excluding carboxylic acids is 1. The van der Waals surface area contributed by atoms with Gasteiger partial charge in [0.25, 0.3) is 0 Å². The van der Waals surface area contributed by atoms with Gasteiger partial charge in [0, 0.05) is 33.0 Å². The Morgan fingerprint density at radius 1 is 1.44 bits per heavy atom. The van der Waals surface area contributed by atoms with Crippen molar-refractivity contribution in [3.63, 3.8) is 0 Å². The summed E-state index contributed by atoms with van der Waals surface area (Å²) in [6, 6.07) is 2.16. The highest BCUT2D eigenvalue weighted by atomic mass is 16.1. The van der Waals surface area contributed by atoms with Crippen molar-refractivity contribution >= 4 is 5.91 Å². The van der Waals surface area contributed by atoms with Gasteiger partial charge in [0.2, 0.25) is 5.91 Å². The lowest BCUT2D eigenvalue weighted by molar-refractivity contribution is -0.120. The Morgan fingerprint density at radius 2 is 2.12 bits per heavy atom. The van der Waals surface area contributed by atoms with Crippen molar-refractivity contribution in [1.82, 2.24) is 10.2 Å². The van der Waals surface area contributed by atoms with Gasteiger partial charge in [0.15, 0.2) is 0 Å². The zero-order valence-corrected chi connectivity index (χ0v) is 10.6. The van der Waals surface area contributed by atoms with Crippen molar-refractivity contribution < 1.29 is 4.79 Å². The number of nitrogens with one attached hydrogen (secondary N) is 1. The molecule has 0 aliphatic rings. The molecule has 0 aromatic carbocycles. The lowest BCUT2D eigenvalue weighted by Gasteiger charge is -2.22. The molecular formula is C12H23N3O. The Labute approximate surface area is 98.6 Å². The summed E-state index contributed by atoms with van der Waals surface area (Å²) in [6.07, 6.45) is 1.99. The molecule has 0 saturated carbocycles. The maximum absolute atomic E-state index is 11.0. The van der Waals surface area contributed by atoms with E-state index in [1.807, 2.05) is 0 Å². The first kappa shape index (κ1) is 14.9. The molecule has 0 unspecified atom stereocenters. The van der Waals surface area contributed by atoms with Crippen LogP contribution >= 0.6 is 0 Å². The quantitative estimate of drug-likeness (QED) is 0.679. The molecule has 0 aliphatic carbocycles. The first-order valence-electron chi connectivity index (χ1n) is 5.90. The van der Waals surface area contributed by atoms with Crippen LogP contribution in [0, 0.1) is 17.2 Å². The summed E-state index contributed by atoms with van der Waals surface area (Å²) in [7, 11) is 1.66. The van der Waals surface area contributed by atoms with E-state index >= 15 is 0 Å². The third-order valence-corrected chi connectivity index (χ3v) is 2.32. The van der Waals surface area contributed by atoms with Gasteiger partial charge in [-0.3, -0.25) is 4.79 Å². The third-order valence-electron chi connectivity index (χ3n) is 2.32. The fourth-order valence-corrected chi connectivity index (χ4v) is 1.61. The van der Waals surface area contributed by atoms with Crippen LogP contribution in [0.5, 0.6) is 0 Å². The van der Waals surface area contributed by atoms with Crippen molar-refractivity contribution in [3.05, 3.63) is 0 Å². The predicted octanol–water partition coefficient (Wildman–Crippen LogP) is 1.38. The van der Waals surface area contributed by atoms with Crippen LogP contribution in [0.2, 0.25) is 0 Å². The Balaban J connectivity index is 3.82. The molecule has 92 valence electrons. The van der Waals surface area contributed by atoms with Gasteiger partial charge in [-0.05, 0) is 18.9 Å². The molecule has 0 aromatic rings. The first-order valence-corrected chi connectivity index (χ1v) is 5.90. The summed E-state index contributed by atoms with van der Waals surface area (Å²) in [5.74, 6) is 0.684. The second-order valence-corrected chi connectivity index (χ2v) is 4.38. The summed E-state index contributed by atoms with van der Waals surface area (Å²) in [6.45, 7) is 7.03. The molecule has 0 atom stereocenters. The van der Waals surface area contributed by atoms with Gasteiger partial charge in [-0.2, -0.15) is 5.26 Å².